The quantitative estimate of drug-likeness (QED) is 0.486. The van der Waals surface area contributed by atoms with Crippen molar-refractivity contribution >= 4 is 17.8 Å². The Hall–Kier alpha value is -3.82. The van der Waals surface area contributed by atoms with Crippen molar-refractivity contribution in [1.82, 2.24) is 24.0 Å². The van der Waals surface area contributed by atoms with Gasteiger partial charge in [-0.15, -0.1) is 0 Å². The third-order valence-corrected chi connectivity index (χ3v) is 7.53. The molecule has 9 nitrogen and oxygen atoms in total. The highest BCUT2D eigenvalue weighted by molar-refractivity contribution is 6.05. The van der Waals surface area contributed by atoms with E-state index in [4.69, 9.17) is 4.98 Å². The molecule has 2 fully saturated rings. The average molecular weight is 521 g/mol. The van der Waals surface area contributed by atoms with E-state index in [1.165, 1.54) is 21.6 Å². The number of likely N-dealkylation sites (tertiary alicyclic amines) is 1. The van der Waals surface area contributed by atoms with Gasteiger partial charge in [-0.3, -0.25) is 23.6 Å². The third-order valence-electron chi connectivity index (χ3n) is 7.53. The molecule has 1 aliphatic heterocycles. The molecular weight excluding hydrogens is 487 g/mol. The Morgan fingerprint density at radius 3 is 2.32 bits per heavy atom. The van der Waals surface area contributed by atoms with E-state index in [0.29, 0.717) is 23.0 Å². The van der Waals surface area contributed by atoms with Crippen LogP contribution in [0.3, 0.4) is 0 Å². The number of halogens is 1. The van der Waals surface area contributed by atoms with Crippen LogP contribution in [0.15, 0.2) is 47.5 Å². The number of carbonyl (C=O) groups excluding carboxylic acids is 2. The molecule has 3 aromatic rings. The normalized spacial score (nSPS) is 21.4. The number of imide groups is 1. The zero-order valence-corrected chi connectivity index (χ0v) is 22.1. The Bertz CT molecular complexity index is 1420. The summed E-state index contributed by atoms with van der Waals surface area (Å²) in [5, 5.41) is 3.40. The number of nitrogens with zero attached hydrogens (tertiary/aromatic N) is 5. The molecule has 2 aromatic heterocycles. The summed E-state index contributed by atoms with van der Waals surface area (Å²) >= 11 is 0. The van der Waals surface area contributed by atoms with Gasteiger partial charge in [-0.05, 0) is 69.9 Å². The fraction of sp³-hybridized carbons (Fsp3) is 0.464. The van der Waals surface area contributed by atoms with Crippen LogP contribution in [0.4, 0.5) is 10.3 Å². The Balaban J connectivity index is 1.35. The first-order valence-corrected chi connectivity index (χ1v) is 13.1. The number of hydrogen-bond donors (Lipinski definition) is 1. The van der Waals surface area contributed by atoms with Gasteiger partial charge in [-0.1, -0.05) is 13.8 Å². The molecule has 1 N–H and O–H groups in total. The molecular formula is C28H33FN6O3. The van der Waals surface area contributed by atoms with Gasteiger partial charge in [0.15, 0.2) is 0 Å². The van der Waals surface area contributed by atoms with Gasteiger partial charge in [0.2, 0.25) is 17.8 Å². The van der Waals surface area contributed by atoms with Crippen LogP contribution < -0.4 is 11.0 Å². The summed E-state index contributed by atoms with van der Waals surface area (Å²) in [5.41, 5.74) is 0.836. The lowest BCUT2D eigenvalue weighted by Crippen LogP contribution is -2.45. The minimum absolute atomic E-state index is 0.0666. The highest BCUT2D eigenvalue weighted by Crippen LogP contribution is 2.36. The fourth-order valence-corrected chi connectivity index (χ4v) is 5.43. The molecule has 5 rings (SSSR count). The Kier molecular flexibility index (Phi) is 6.66. The minimum atomic E-state index is -0.621. The lowest BCUT2D eigenvalue weighted by atomic mass is 9.89. The predicted octanol–water partition coefficient (Wildman–Crippen LogP) is 4.32. The molecule has 0 spiro atoms. The largest absolute Gasteiger partial charge is 0.351 e. The van der Waals surface area contributed by atoms with Gasteiger partial charge in [0.1, 0.15) is 5.82 Å². The van der Waals surface area contributed by atoms with Crippen molar-refractivity contribution in [2.75, 3.05) is 5.32 Å². The number of amides is 2. The molecule has 2 amide bonds. The van der Waals surface area contributed by atoms with Crippen LogP contribution in [-0.2, 0) is 9.59 Å². The van der Waals surface area contributed by atoms with Crippen LogP contribution in [0, 0.1) is 11.2 Å². The van der Waals surface area contributed by atoms with E-state index in [0.717, 1.165) is 25.7 Å². The van der Waals surface area contributed by atoms with Gasteiger partial charge in [-0.2, -0.15) is 0 Å². The molecule has 200 valence electrons. The van der Waals surface area contributed by atoms with E-state index >= 15 is 0 Å². The average Bonchev–Trinajstić information content (AvgIpc) is 3.32. The minimum Gasteiger partial charge on any atom is -0.351 e. The summed E-state index contributed by atoms with van der Waals surface area (Å²) in [4.78, 5) is 49.0. The zero-order valence-electron chi connectivity index (χ0n) is 22.1. The maximum atomic E-state index is 13.6. The van der Waals surface area contributed by atoms with E-state index in [1.54, 1.807) is 35.2 Å². The maximum Gasteiger partial charge on any atom is 0.333 e. The smallest absolute Gasteiger partial charge is 0.333 e. The standard InChI is InChI=1S/C28H33FN6O3/c1-17(2)33-16-23(34(27(33)38)20-9-5-18(29)6-10-20)22-13-14-30-26(32-22)31-19-7-11-21(12-8-19)35-24(36)15-28(3,4)25(35)37/h5-6,9-10,13-14,16-17,19,21H,7-8,11-12,15H2,1-4H3,(H,30,31,32). The van der Waals surface area contributed by atoms with Gasteiger partial charge in [-0.25, -0.2) is 19.2 Å². The van der Waals surface area contributed by atoms with Crippen LogP contribution in [0.5, 0.6) is 0 Å². The molecule has 1 saturated heterocycles. The van der Waals surface area contributed by atoms with Gasteiger partial charge in [0.05, 0.1) is 22.5 Å². The molecule has 0 bridgehead atoms. The van der Waals surface area contributed by atoms with E-state index in [1.807, 2.05) is 27.7 Å². The van der Waals surface area contributed by atoms with Crippen molar-refractivity contribution in [2.24, 2.45) is 5.41 Å². The topological polar surface area (TPSA) is 102 Å². The van der Waals surface area contributed by atoms with E-state index in [-0.39, 0.29) is 47.9 Å². The van der Waals surface area contributed by atoms with Crippen molar-refractivity contribution in [3.8, 4) is 17.1 Å². The molecule has 3 heterocycles. The second-order valence-corrected chi connectivity index (χ2v) is 11.2. The van der Waals surface area contributed by atoms with Gasteiger partial charge >= 0.3 is 5.69 Å². The van der Waals surface area contributed by atoms with Crippen molar-refractivity contribution < 1.29 is 14.0 Å². The Morgan fingerprint density at radius 1 is 1.03 bits per heavy atom. The highest BCUT2D eigenvalue weighted by Gasteiger charge is 2.48. The summed E-state index contributed by atoms with van der Waals surface area (Å²) in [6.07, 6.45) is 6.69. The van der Waals surface area contributed by atoms with E-state index < -0.39 is 5.41 Å². The van der Waals surface area contributed by atoms with Crippen LogP contribution in [0.1, 0.15) is 65.8 Å². The highest BCUT2D eigenvalue weighted by atomic mass is 19.1. The van der Waals surface area contributed by atoms with Gasteiger partial charge in [0.25, 0.3) is 0 Å². The molecule has 38 heavy (non-hydrogen) atoms. The first-order chi connectivity index (χ1) is 18.0. The Morgan fingerprint density at radius 2 is 1.71 bits per heavy atom. The zero-order chi connectivity index (χ0) is 27.2. The second kappa shape index (κ2) is 9.81. The molecule has 0 unspecified atom stereocenters. The molecule has 10 heteroatoms. The number of hydrogen-bond acceptors (Lipinski definition) is 6. The number of rotatable bonds is 6. The summed E-state index contributed by atoms with van der Waals surface area (Å²) in [6.45, 7) is 7.51. The molecule has 0 atom stereocenters. The van der Waals surface area contributed by atoms with Crippen LogP contribution in [0.25, 0.3) is 17.1 Å². The molecule has 1 aliphatic carbocycles. The Labute approximate surface area is 220 Å². The number of imidazole rings is 1. The second-order valence-electron chi connectivity index (χ2n) is 11.2. The molecule has 0 radical (unpaired) electrons. The first-order valence-electron chi connectivity index (χ1n) is 13.1. The summed E-state index contributed by atoms with van der Waals surface area (Å²) in [5.74, 6) is -0.0867. The third kappa shape index (κ3) is 4.75. The fourth-order valence-electron chi connectivity index (χ4n) is 5.43. The summed E-state index contributed by atoms with van der Waals surface area (Å²) in [6, 6.07) is 7.50. The summed E-state index contributed by atoms with van der Waals surface area (Å²) < 4.78 is 16.7. The predicted molar refractivity (Wildman–Crippen MR) is 141 cm³/mol. The SMILES string of the molecule is CC(C)n1cc(-c2ccnc(NC3CCC(N4C(=O)CC(C)(C)C4=O)CC3)n2)n(-c2ccc(F)cc2)c1=O. The van der Waals surface area contributed by atoms with Crippen molar-refractivity contribution in [1.29, 1.82) is 0 Å². The number of carbonyl (C=O) groups is 2. The van der Waals surface area contributed by atoms with E-state index in [9.17, 15) is 18.8 Å². The monoisotopic (exact) mass is 520 g/mol. The molecule has 1 saturated carbocycles. The van der Waals surface area contributed by atoms with Crippen molar-refractivity contribution in [2.45, 2.75) is 77.9 Å². The molecule has 1 aromatic carbocycles. The number of anilines is 1. The van der Waals surface area contributed by atoms with Crippen LogP contribution >= 0.6 is 0 Å². The number of benzene rings is 1. The van der Waals surface area contributed by atoms with Crippen molar-refractivity contribution in [3.05, 3.63) is 59.0 Å². The number of aromatic nitrogens is 4. The molecule has 2 aliphatic rings. The van der Waals surface area contributed by atoms with Gasteiger partial charge in [0, 0.05) is 36.9 Å². The van der Waals surface area contributed by atoms with E-state index in [2.05, 4.69) is 10.3 Å². The number of nitrogens with one attached hydrogen (secondary N) is 1. The first kappa shape index (κ1) is 25.8. The lowest BCUT2D eigenvalue weighted by Gasteiger charge is -2.34. The van der Waals surface area contributed by atoms with Gasteiger partial charge < -0.3 is 5.32 Å². The lowest BCUT2D eigenvalue weighted by molar-refractivity contribution is -0.144. The maximum absolute atomic E-state index is 13.6. The van der Waals surface area contributed by atoms with Crippen molar-refractivity contribution in [3.63, 3.8) is 0 Å². The van der Waals surface area contributed by atoms with Crippen LogP contribution in [-0.4, -0.2) is 47.9 Å². The summed E-state index contributed by atoms with van der Waals surface area (Å²) in [7, 11) is 0. The van der Waals surface area contributed by atoms with Crippen LogP contribution in [0.2, 0.25) is 0 Å².